The van der Waals surface area contributed by atoms with Crippen molar-refractivity contribution < 1.29 is 23.2 Å². The highest BCUT2D eigenvalue weighted by molar-refractivity contribution is 6.09. The topological polar surface area (TPSA) is 116 Å². The van der Waals surface area contributed by atoms with Crippen LogP contribution in [0.2, 0.25) is 0 Å². The zero-order valence-electron chi connectivity index (χ0n) is 10.2. The Morgan fingerprint density at radius 2 is 1.95 bits per heavy atom. The number of carbonyl (C=O) groups is 1. The van der Waals surface area contributed by atoms with E-state index in [0.717, 1.165) is 6.20 Å². The molecule has 0 aliphatic carbocycles. The van der Waals surface area contributed by atoms with E-state index in [-0.39, 0.29) is 17.2 Å². The van der Waals surface area contributed by atoms with Gasteiger partial charge in [-0.05, 0) is 0 Å². The molecule has 0 unspecified atom stereocenters. The van der Waals surface area contributed by atoms with Gasteiger partial charge in [0.25, 0.3) is 5.91 Å². The standard InChI is InChI=1S/C11H8F3N5O2/c12-4-1-6(13)8(7(14)2-4)11(20)17-10-5(3-16-18-10)9(15)19-21/h1-3,21H,(H2,15,19)(H2,16,17,18,20). The van der Waals surface area contributed by atoms with E-state index in [2.05, 4.69) is 20.7 Å². The van der Waals surface area contributed by atoms with Crippen molar-refractivity contribution in [2.45, 2.75) is 0 Å². The lowest BCUT2D eigenvalue weighted by molar-refractivity contribution is 0.101. The smallest absolute Gasteiger partial charge is 0.262 e. The van der Waals surface area contributed by atoms with Crippen LogP contribution in [0.25, 0.3) is 0 Å². The zero-order chi connectivity index (χ0) is 15.6. The summed E-state index contributed by atoms with van der Waals surface area (Å²) in [4.78, 5) is 11.8. The number of oxime groups is 1. The highest BCUT2D eigenvalue weighted by atomic mass is 19.1. The van der Waals surface area contributed by atoms with Crippen molar-refractivity contribution in [3.63, 3.8) is 0 Å². The highest BCUT2D eigenvalue weighted by Gasteiger charge is 2.21. The predicted octanol–water partition coefficient (Wildman–Crippen LogP) is 1.17. The first-order valence-electron chi connectivity index (χ1n) is 5.41. The van der Waals surface area contributed by atoms with Crippen molar-refractivity contribution in [2.24, 2.45) is 10.9 Å². The number of hydrogen-bond acceptors (Lipinski definition) is 4. The summed E-state index contributed by atoms with van der Waals surface area (Å²) in [5, 5.41) is 19.2. The number of H-pyrrole nitrogens is 1. The molecule has 2 aromatic rings. The monoisotopic (exact) mass is 299 g/mol. The number of hydrogen-bond donors (Lipinski definition) is 4. The van der Waals surface area contributed by atoms with Crippen LogP contribution >= 0.6 is 0 Å². The molecule has 2 rings (SSSR count). The summed E-state index contributed by atoms with van der Waals surface area (Å²) < 4.78 is 39.7. The van der Waals surface area contributed by atoms with Crippen molar-refractivity contribution in [3.05, 3.63) is 46.9 Å². The molecule has 0 radical (unpaired) electrons. The van der Waals surface area contributed by atoms with Crippen molar-refractivity contribution in [2.75, 3.05) is 5.32 Å². The first-order valence-corrected chi connectivity index (χ1v) is 5.41. The van der Waals surface area contributed by atoms with Crippen molar-refractivity contribution >= 4 is 17.6 Å². The lowest BCUT2D eigenvalue weighted by Gasteiger charge is -2.07. The SMILES string of the molecule is NC(=NO)c1cn[nH]c1NC(=O)c1c(F)cc(F)cc1F. The third kappa shape index (κ3) is 2.78. The van der Waals surface area contributed by atoms with Gasteiger partial charge in [-0.2, -0.15) is 5.10 Å². The molecule has 0 spiro atoms. The van der Waals surface area contributed by atoms with E-state index in [1.807, 2.05) is 0 Å². The Hall–Kier alpha value is -3.04. The summed E-state index contributed by atoms with van der Waals surface area (Å²) in [6.07, 6.45) is 1.13. The van der Waals surface area contributed by atoms with E-state index < -0.39 is 28.9 Å². The number of anilines is 1. The normalized spacial score (nSPS) is 11.5. The molecule has 0 atom stereocenters. The number of benzene rings is 1. The minimum Gasteiger partial charge on any atom is -0.409 e. The Morgan fingerprint density at radius 3 is 2.52 bits per heavy atom. The van der Waals surface area contributed by atoms with Gasteiger partial charge >= 0.3 is 0 Å². The lowest BCUT2D eigenvalue weighted by Crippen LogP contribution is -2.20. The molecule has 0 fully saturated rings. The van der Waals surface area contributed by atoms with E-state index >= 15 is 0 Å². The third-order valence-corrected chi connectivity index (χ3v) is 2.50. The number of rotatable bonds is 3. The van der Waals surface area contributed by atoms with Gasteiger partial charge in [-0.3, -0.25) is 9.89 Å². The number of halogens is 3. The maximum Gasteiger partial charge on any atom is 0.262 e. The number of nitrogens with zero attached hydrogens (tertiary/aromatic N) is 2. The molecule has 5 N–H and O–H groups in total. The van der Waals surface area contributed by atoms with E-state index in [1.165, 1.54) is 0 Å². The third-order valence-electron chi connectivity index (χ3n) is 2.50. The van der Waals surface area contributed by atoms with Crippen molar-refractivity contribution in [1.29, 1.82) is 0 Å². The molecule has 7 nitrogen and oxygen atoms in total. The largest absolute Gasteiger partial charge is 0.409 e. The molecule has 0 saturated carbocycles. The first-order chi connectivity index (χ1) is 9.93. The van der Waals surface area contributed by atoms with Crippen LogP contribution < -0.4 is 11.1 Å². The number of nitrogens with two attached hydrogens (primary N) is 1. The Morgan fingerprint density at radius 1 is 1.33 bits per heavy atom. The molecule has 1 heterocycles. The molecule has 0 bridgehead atoms. The summed E-state index contributed by atoms with van der Waals surface area (Å²) in [6, 6.07) is 0.741. The second-order valence-corrected chi connectivity index (χ2v) is 3.84. The Bertz CT molecular complexity index is 705. The maximum absolute atomic E-state index is 13.5. The average Bonchev–Trinajstić information content (AvgIpc) is 2.84. The van der Waals surface area contributed by atoms with Gasteiger partial charge in [-0.25, -0.2) is 13.2 Å². The van der Waals surface area contributed by atoms with Gasteiger partial charge in [0, 0.05) is 12.1 Å². The van der Waals surface area contributed by atoms with Gasteiger partial charge in [0.2, 0.25) is 0 Å². The fraction of sp³-hybridized carbons (Fsp3) is 0. The van der Waals surface area contributed by atoms with Gasteiger partial charge in [-0.1, -0.05) is 5.16 Å². The lowest BCUT2D eigenvalue weighted by atomic mass is 10.1. The minimum absolute atomic E-state index is 0.00813. The molecular weight excluding hydrogens is 291 g/mol. The number of carbonyl (C=O) groups excluding carboxylic acids is 1. The van der Waals surface area contributed by atoms with Crippen LogP contribution in [0.3, 0.4) is 0 Å². The Kier molecular flexibility index (Phi) is 3.78. The molecule has 0 aliphatic rings. The molecule has 1 aromatic heterocycles. The quantitative estimate of drug-likeness (QED) is 0.294. The summed E-state index contributed by atoms with van der Waals surface area (Å²) >= 11 is 0. The van der Waals surface area contributed by atoms with E-state index in [1.54, 1.807) is 0 Å². The van der Waals surface area contributed by atoms with Crippen LogP contribution in [-0.4, -0.2) is 27.1 Å². The molecular formula is C11H8F3N5O2. The van der Waals surface area contributed by atoms with Crippen LogP contribution in [0, 0.1) is 17.5 Å². The van der Waals surface area contributed by atoms with Crippen LogP contribution in [-0.2, 0) is 0 Å². The second kappa shape index (κ2) is 5.53. The summed E-state index contributed by atoms with van der Waals surface area (Å²) in [6.45, 7) is 0. The molecule has 1 aromatic carbocycles. The first kappa shape index (κ1) is 14.4. The predicted molar refractivity (Wildman–Crippen MR) is 65.4 cm³/mol. The fourth-order valence-corrected chi connectivity index (χ4v) is 1.56. The van der Waals surface area contributed by atoms with Crippen molar-refractivity contribution in [3.8, 4) is 0 Å². The van der Waals surface area contributed by atoms with Gasteiger partial charge in [0.15, 0.2) is 5.84 Å². The van der Waals surface area contributed by atoms with E-state index in [9.17, 15) is 18.0 Å². The molecule has 21 heavy (non-hydrogen) atoms. The average molecular weight is 299 g/mol. The summed E-state index contributed by atoms with van der Waals surface area (Å²) in [5.74, 6) is -5.59. The van der Waals surface area contributed by atoms with E-state index in [0.29, 0.717) is 12.1 Å². The Labute approximate surface area is 115 Å². The maximum atomic E-state index is 13.5. The van der Waals surface area contributed by atoms with Crippen LogP contribution in [0.4, 0.5) is 19.0 Å². The number of aromatic amines is 1. The summed E-state index contributed by atoms with van der Waals surface area (Å²) in [7, 11) is 0. The van der Waals surface area contributed by atoms with Gasteiger partial charge in [-0.15, -0.1) is 0 Å². The van der Waals surface area contributed by atoms with Crippen molar-refractivity contribution in [1.82, 2.24) is 10.2 Å². The second-order valence-electron chi connectivity index (χ2n) is 3.84. The minimum atomic E-state index is -1.37. The van der Waals surface area contributed by atoms with Crippen LogP contribution in [0.5, 0.6) is 0 Å². The Balaban J connectivity index is 2.34. The van der Waals surface area contributed by atoms with Gasteiger partial charge in [0.1, 0.15) is 28.8 Å². The number of nitrogens with one attached hydrogen (secondary N) is 2. The van der Waals surface area contributed by atoms with Crippen LogP contribution in [0.15, 0.2) is 23.5 Å². The zero-order valence-corrected chi connectivity index (χ0v) is 10.2. The molecule has 0 aliphatic heterocycles. The summed E-state index contributed by atoms with van der Waals surface area (Å²) in [5.41, 5.74) is 4.36. The highest BCUT2D eigenvalue weighted by Crippen LogP contribution is 2.18. The van der Waals surface area contributed by atoms with Crippen LogP contribution in [0.1, 0.15) is 15.9 Å². The van der Waals surface area contributed by atoms with Gasteiger partial charge < -0.3 is 16.3 Å². The molecule has 1 amide bonds. The molecule has 110 valence electrons. The number of amides is 1. The molecule has 10 heteroatoms. The fourth-order valence-electron chi connectivity index (χ4n) is 1.56. The number of aromatic nitrogens is 2. The number of amidine groups is 1. The van der Waals surface area contributed by atoms with E-state index in [4.69, 9.17) is 10.9 Å². The van der Waals surface area contributed by atoms with Gasteiger partial charge in [0.05, 0.1) is 11.8 Å². The molecule has 0 saturated heterocycles.